The van der Waals surface area contributed by atoms with Crippen molar-refractivity contribution in [2.24, 2.45) is 0 Å². The molecule has 0 aromatic carbocycles. The van der Waals surface area contributed by atoms with Crippen molar-refractivity contribution in [1.82, 2.24) is 9.12 Å². The molecule has 0 aliphatic heterocycles. The normalized spacial score (nSPS) is 12.1. The lowest BCUT2D eigenvalue weighted by molar-refractivity contribution is 0.584. The molecule has 1 N–H and O–H groups in total. The minimum absolute atomic E-state index is 0.247. The number of hydrogen-bond acceptors (Lipinski definition) is 2. The first-order valence-electron chi connectivity index (χ1n) is 4.81. The molecule has 2 aromatic heterocycles. The van der Waals surface area contributed by atoms with Crippen LogP contribution in [0, 0.1) is 0 Å². The second-order valence-electron chi connectivity index (χ2n) is 3.31. The first-order valence-corrected chi connectivity index (χ1v) is 6.67. The third-order valence-corrected chi connectivity index (χ3v) is 4.07. The molecule has 0 spiro atoms. The first-order chi connectivity index (χ1) is 7.54. The summed E-state index contributed by atoms with van der Waals surface area (Å²) in [6.07, 6.45) is 1.64. The molecule has 0 atom stereocenters. The molecule has 0 unspecified atom stereocenters. The standard InChI is InChI=1S/C10H11ClN2O2S/c1-2-12-16(14,15)9-5-6-13-8(7-9)3-4-10(13)11/h3-7,12H,2H2,1H3. The molecule has 6 heteroatoms. The molecule has 86 valence electrons. The van der Waals surface area contributed by atoms with Gasteiger partial charge in [0.25, 0.3) is 0 Å². The van der Waals surface area contributed by atoms with Crippen molar-refractivity contribution >= 4 is 27.1 Å². The van der Waals surface area contributed by atoms with Crippen LogP contribution in [0.5, 0.6) is 0 Å². The molecule has 0 amide bonds. The van der Waals surface area contributed by atoms with Gasteiger partial charge in [0.05, 0.1) is 4.90 Å². The van der Waals surface area contributed by atoms with Gasteiger partial charge in [-0.15, -0.1) is 0 Å². The van der Waals surface area contributed by atoms with E-state index in [1.807, 2.05) is 0 Å². The predicted octanol–water partition coefficient (Wildman–Crippen LogP) is 1.89. The maximum absolute atomic E-state index is 11.7. The Morgan fingerprint density at radius 3 is 2.81 bits per heavy atom. The molecule has 4 nitrogen and oxygen atoms in total. The smallest absolute Gasteiger partial charge is 0.240 e. The highest BCUT2D eigenvalue weighted by atomic mass is 35.5. The Labute approximate surface area is 98.9 Å². The van der Waals surface area contributed by atoms with Gasteiger partial charge in [-0.05, 0) is 24.3 Å². The number of nitrogens with zero attached hydrogens (tertiary/aromatic N) is 1. The van der Waals surface area contributed by atoms with Gasteiger partial charge in [0.15, 0.2) is 0 Å². The van der Waals surface area contributed by atoms with E-state index >= 15 is 0 Å². The average Bonchev–Trinajstić information content (AvgIpc) is 2.60. The number of nitrogens with one attached hydrogen (secondary N) is 1. The maximum atomic E-state index is 11.7. The van der Waals surface area contributed by atoms with Gasteiger partial charge in [-0.25, -0.2) is 13.1 Å². The molecule has 0 bridgehead atoms. The van der Waals surface area contributed by atoms with Crippen LogP contribution in [0.4, 0.5) is 0 Å². The zero-order valence-corrected chi connectivity index (χ0v) is 10.2. The highest BCUT2D eigenvalue weighted by Gasteiger charge is 2.13. The van der Waals surface area contributed by atoms with E-state index in [0.29, 0.717) is 11.7 Å². The maximum Gasteiger partial charge on any atom is 0.240 e. The Morgan fingerprint density at radius 2 is 2.12 bits per heavy atom. The van der Waals surface area contributed by atoms with Crippen molar-refractivity contribution in [1.29, 1.82) is 0 Å². The lowest BCUT2D eigenvalue weighted by Gasteiger charge is -2.05. The van der Waals surface area contributed by atoms with E-state index in [-0.39, 0.29) is 4.90 Å². The SMILES string of the molecule is CCNS(=O)(=O)c1ccn2c(Cl)ccc2c1. The van der Waals surface area contributed by atoms with Crippen molar-refractivity contribution in [2.45, 2.75) is 11.8 Å². The number of halogens is 1. The predicted molar refractivity (Wildman–Crippen MR) is 63.3 cm³/mol. The summed E-state index contributed by atoms with van der Waals surface area (Å²) in [7, 11) is -3.40. The van der Waals surface area contributed by atoms with Crippen LogP contribution in [-0.2, 0) is 10.0 Å². The highest BCUT2D eigenvalue weighted by Crippen LogP contribution is 2.18. The summed E-state index contributed by atoms with van der Waals surface area (Å²) in [6.45, 7) is 2.11. The molecular formula is C10H11ClN2O2S. The number of fused-ring (bicyclic) bond motifs is 1. The van der Waals surface area contributed by atoms with E-state index in [2.05, 4.69) is 4.72 Å². The molecular weight excluding hydrogens is 248 g/mol. The number of hydrogen-bond donors (Lipinski definition) is 1. The van der Waals surface area contributed by atoms with Crippen LogP contribution < -0.4 is 4.72 Å². The van der Waals surface area contributed by atoms with Crippen LogP contribution in [0.1, 0.15) is 6.92 Å². The summed E-state index contributed by atoms with van der Waals surface area (Å²) < 4.78 is 27.6. The highest BCUT2D eigenvalue weighted by molar-refractivity contribution is 7.89. The van der Waals surface area contributed by atoms with Crippen LogP contribution in [0.25, 0.3) is 5.52 Å². The van der Waals surface area contributed by atoms with Gasteiger partial charge in [0.2, 0.25) is 10.0 Å². The van der Waals surface area contributed by atoms with E-state index < -0.39 is 10.0 Å². The van der Waals surface area contributed by atoms with E-state index in [4.69, 9.17) is 11.6 Å². The van der Waals surface area contributed by atoms with Gasteiger partial charge in [0.1, 0.15) is 5.15 Å². The first kappa shape index (κ1) is 11.4. The fourth-order valence-electron chi connectivity index (χ4n) is 1.50. The fraction of sp³-hybridized carbons (Fsp3) is 0.200. The fourth-order valence-corrected chi connectivity index (χ4v) is 2.77. The summed E-state index contributed by atoms with van der Waals surface area (Å²) in [4.78, 5) is 0.247. The summed E-state index contributed by atoms with van der Waals surface area (Å²) in [5.41, 5.74) is 0.754. The van der Waals surface area contributed by atoms with Crippen LogP contribution in [0.3, 0.4) is 0 Å². The summed E-state index contributed by atoms with van der Waals surface area (Å²) in [6, 6.07) is 6.61. The van der Waals surface area contributed by atoms with E-state index in [0.717, 1.165) is 5.52 Å². The average molecular weight is 259 g/mol. The van der Waals surface area contributed by atoms with Crippen molar-refractivity contribution in [3.8, 4) is 0 Å². The van der Waals surface area contributed by atoms with Crippen molar-refractivity contribution in [2.75, 3.05) is 6.54 Å². The molecule has 0 saturated heterocycles. The van der Waals surface area contributed by atoms with Crippen molar-refractivity contribution in [3.63, 3.8) is 0 Å². The van der Waals surface area contributed by atoms with Gasteiger partial charge in [0, 0.05) is 18.3 Å². The lowest BCUT2D eigenvalue weighted by Crippen LogP contribution is -2.23. The second-order valence-corrected chi connectivity index (χ2v) is 5.47. The topological polar surface area (TPSA) is 50.6 Å². The number of sulfonamides is 1. The third-order valence-electron chi connectivity index (χ3n) is 2.22. The Morgan fingerprint density at radius 1 is 1.38 bits per heavy atom. The largest absolute Gasteiger partial charge is 0.308 e. The Hall–Kier alpha value is -1.04. The second kappa shape index (κ2) is 4.08. The Bertz CT molecular complexity index is 619. The van der Waals surface area contributed by atoms with E-state index in [1.54, 1.807) is 35.7 Å². The van der Waals surface area contributed by atoms with E-state index in [1.165, 1.54) is 6.07 Å². The minimum Gasteiger partial charge on any atom is -0.308 e. The van der Waals surface area contributed by atoms with Gasteiger partial charge in [-0.3, -0.25) is 0 Å². The molecule has 0 aliphatic rings. The Balaban J connectivity index is 2.55. The van der Waals surface area contributed by atoms with E-state index in [9.17, 15) is 8.42 Å². The summed E-state index contributed by atoms with van der Waals surface area (Å²) in [5, 5.41) is 0.558. The number of rotatable bonds is 3. The molecule has 16 heavy (non-hydrogen) atoms. The van der Waals surface area contributed by atoms with Crippen LogP contribution in [0.2, 0.25) is 5.15 Å². The van der Waals surface area contributed by atoms with Crippen LogP contribution in [-0.4, -0.2) is 19.4 Å². The summed E-state index contributed by atoms with van der Waals surface area (Å²) >= 11 is 5.90. The van der Waals surface area contributed by atoms with Crippen molar-refractivity contribution in [3.05, 3.63) is 35.6 Å². The Kier molecular flexibility index (Phi) is 2.92. The van der Waals surface area contributed by atoms with Gasteiger partial charge >= 0.3 is 0 Å². The molecule has 0 aliphatic carbocycles. The third kappa shape index (κ3) is 1.93. The zero-order valence-electron chi connectivity index (χ0n) is 8.64. The minimum atomic E-state index is -3.40. The monoisotopic (exact) mass is 258 g/mol. The van der Waals surface area contributed by atoms with Gasteiger partial charge in [-0.1, -0.05) is 18.5 Å². The van der Waals surface area contributed by atoms with Crippen molar-refractivity contribution < 1.29 is 8.42 Å². The molecule has 0 fully saturated rings. The molecule has 2 heterocycles. The molecule has 2 aromatic rings. The van der Waals surface area contributed by atoms with Crippen LogP contribution >= 0.6 is 11.6 Å². The molecule has 0 saturated carbocycles. The summed E-state index contributed by atoms with van der Waals surface area (Å²) in [5.74, 6) is 0. The zero-order chi connectivity index (χ0) is 11.8. The molecule has 2 rings (SSSR count). The van der Waals surface area contributed by atoms with Gasteiger partial charge in [-0.2, -0.15) is 0 Å². The molecule has 0 radical (unpaired) electrons. The number of aromatic nitrogens is 1. The van der Waals surface area contributed by atoms with Gasteiger partial charge < -0.3 is 4.40 Å². The van der Waals surface area contributed by atoms with Crippen LogP contribution in [0.15, 0.2) is 35.4 Å². The lowest BCUT2D eigenvalue weighted by atomic mass is 10.4. The quantitative estimate of drug-likeness (QED) is 0.914. The number of pyridine rings is 1.